The highest BCUT2D eigenvalue weighted by Gasteiger charge is 2.39. The molecule has 0 saturated carbocycles. The lowest BCUT2D eigenvalue weighted by molar-refractivity contribution is -0.141. The highest BCUT2D eigenvalue weighted by molar-refractivity contribution is 6.30. The monoisotopic (exact) mass is 1180 g/mol. The summed E-state index contributed by atoms with van der Waals surface area (Å²) < 4.78 is 13.6. The van der Waals surface area contributed by atoms with Crippen LogP contribution >= 0.6 is 11.6 Å². The average Bonchev–Trinajstić information content (AvgIpc) is 4.04. The van der Waals surface area contributed by atoms with Crippen molar-refractivity contribution in [3.63, 3.8) is 0 Å². The average molecular weight is 1180 g/mol. The number of halogens is 2. The van der Waals surface area contributed by atoms with Gasteiger partial charge in [0, 0.05) is 67.3 Å². The number of benzene rings is 4. The number of carbonyl (C=O) groups is 8. The van der Waals surface area contributed by atoms with Crippen molar-refractivity contribution in [2.24, 2.45) is 28.1 Å². The SMILES string of the molecule is CC(C)C[C@H](NC(=O)[C@@H](Cc1c[nH]c2ccccc12)NC(=O)[C@H](Cc1ccc(O)cc1)NC(=O)[C@H](CO)NC(=O)[C@@H](Cc1ccc(Cl)cc1)NC(=O)CCc1ccc(F)cc1)C(=O)N[C@@H](CCCN=C(N)N)C(=O)N1CCC[C@H]1C(=O)CCN. The summed E-state index contributed by atoms with van der Waals surface area (Å²) in [5.74, 6) is -6.40. The Hall–Kier alpha value is -8.41. The lowest BCUT2D eigenvalue weighted by atomic mass is 9.99. The Bertz CT molecular complexity index is 3080. The van der Waals surface area contributed by atoms with E-state index < -0.39 is 96.1 Å². The first-order valence-corrected chi connectivity index (χ1v) is 28.4. The van der Waals surface area contributed by atoms with Gasteiger partial charge in [-0.2, -0.15) is 0 Å². The number of Topliss-reactive ketones (excluding diaryl/α,β-unsaturated/α-hetero) is 1. The number of ketones is 1. The van der Waals surface area contributed by atoms with Crippen molar-refractivity contribution < 1.29 is 53.0 Å². The van der Waals surface area contributed by atoms with Gasteiger partial charge < -0.3 is 69.2 Å². The topological polar surface area (TPSA) is 359 Å². The van der Waals surface area contributed by atoms with E-state index in [9.17, 15) is 53.0 Å². The van der Waals surface area contributed by atoms with E-state index in [1.807, 2.05) is 32.0 Å². The van der Waals surface area contributed by atoms with Gasteiger partial charge in [-0.25, -0.2) is 4.39 Å². The maximum atomic E-state index is 14.9. The van der Waals surface area contributed by atoms with Gasteiger partial charge >= 0.3 is 0 Å². The molecular formula is C60H76ClFN12O10. The zero-order valence-corrected chi connectivity index (χ0v) is 47.8. The molecule has 2 heterocycles. The number of para-hydroxylation sites is 1. The number of hydrogen-bond donors (Lipinski definition) is 12. The van der Waals surface area contributed by atoms with Gasteiger partial charge in [0.2, 0.25) is 41.4 Å². The Morgan fingerprint density at radius 3 is 1.87 bits per heavy atom. The van der Waals surface area contributed by atoms with Gasteiger partial charge in [0.05, 0.1) is 12.6 Å². The molecule has 0 unspecified atom stereocenters. The zero-order chi connectivity index (χ0) is 60.9. The molecule has 7 amide bonds. The first-order valence-electron chi connectivity index (χ1n) is 28.0. The molecule has 0 aliphatic carbocycles. The normalized spacial score (nSPS) is 15.2. The number of nitrogens with two attached hydrogens (primary N) is 3. The maximum absolute atomic E-state index is 14.9. The van der Waals surface area contributed by atoms with Crippen molar-refractivity contribution in [2.45, 2.75) is 127 Å². The number of aromatic hydroxyl groups is 1. The maximum Gasteiger partial charge on any atom is 0.245 e. The lowest BCUT2D eigenvalue weighted by Crippen LogP contribution is -2.61. The summed E-state index contributed by atoms with van der Waals surface area (Å²) in [6.07, 6.45) is 2.86. The number of rotatable bonds is 31. The molecule has 4 aromatic carbocycles. The van der Waals surface area contributed by atoms with Crippen LogP contribution in [0.4, 0.5) is 4.39 Å². The quantitative estimate of drug-likeness (QED) is 0.0172. The molecule has 22 nitrogen and oxygen atoms in total. The minimum absolute atomic E-state index is 0.0628. The number of H-pyrrole nitrogens is 1. The number of aryl methyl sites for hydroxylation is 1. The fraction of sp³-hybridized carbons (Fsp3) is 0.417. The summed E-state index contributed by atoms with van der Waals surface area (Å²) in [6, 6.07) is 16.1. The number of phenolic OH excluding ortho intramolecular Hbond substituents is 1. The number of carbonyl (C=O) groups excluding carboxylic acids is 8. The van der Waals surface area contributed by atoms with E-state index in [2.05, 4.69) is 41.9 Å². The summed E-state index contributed by atoms with van der Waals surface area (Å²) in [5.41, 5.74) is 19.9. The Morgan fingerprint density at radius 1 is 0.702 bits per heavy atom. The van der Waals surface area contributed by atoms with E-state index in [0.29, 0.717) is 40.1 Å². The second-order valence-corrected chi connectivity index (χ2v) is 21.7. The van der Waals surface area contributed by atoms with Crippen LogP contribution in [0.5, 0.6) is 5.75 Å². The molecule has 5 aromatic rings. The largest absolute Gasteiger partial charge is 0.508 e. The van der Waals surface area contributed by atoms with Crippen LogP contribution in [0.15, 0.2) is 108 Å². The molecule has 1 aliphatic heterocycles. The number of guanidine groups is 1. The number of aromatic nitrogens is 1. The second-order valence-electron chi connectivity index (χ2n) is 21.3. The number of nitrogens with zero attached hydrogens (tertiary/aromatic N) is 2. The molecule has 84 heavy (non-hydrogen) atoms. The predicted octanol–water partition coefficient (Wildman–Crippen LogP) is 2.24. The molecule has 6 rings (SSSR count). The number of hydrogen-bond acceptors (Lipinski definition) is 12. The predicted molar refractivity (Wildman–Crippen MR) is 315 cm³/mol. The number of amides is 7. The van der Waals surface area contributed by atoms with E-state index in [1.165, 1.54) is 53.4 Å². The Balaban J connectivity index is 1.26. The molecule has 1 fully saturated rings. The summed E-state index contributed by atoms with van der Waals surface area (Å²) >= 11 is 6.12. The number of aliphatic hydroxyl groups excluding tert-OH is 1. The minimum atomic E-state index is -1.69. The van der Waals surface area contributed by atoms with E-state index in [-0.39, 0.29) is 101 Å². The molecule has 0 bridgehead atoms. The molecule has 450 valence electrons. The number of nitrogens with one attached hydrogen (secondary N) is 7. The van der Waals surface area contributed by atoms with E-state index >= 15 is 0 Å². The number of aliphatic hydroxyl groups is 1. The van der Waals surface area contributed by atoms with Gasteiger partial charge in [-0.15, -0.1) is 0 Å². The number of phenols is 1. The van der Waals surface area contributed by atoms with E-state index in [1.54, 1.807) is 36.5 Å². The van der Waals surface area contributed by atoms with Gasteiger partial charge in [0.25, 0.3) is 0 Å². The summed E-state index contributed by atoms with van der Waals surface area (Å²) in [4.78, 5) is 122. The Labute approximate surface area is 491 Å². The van der Waals surface area contributed by atoms with Crippen LogP contribution < -0.4 is 49.1 Å². The fourth-order valence-corrected chi connectivity index (χ4v) is 10.1. The van der Waals surface area contributed by atoms with Crippen LogP contribution in [0.25, 0.3) is 10.9 Å². The van der Waals surface area contributed by atoms with Gasteiger partial charge in [-0.3, -0.25) is 43.3 Å². The molecule has 0 spiro atoms. The molecule has 0 radical (unpaired) electrons. The number of aliphatic imine (C=N–C) groups is 1. The van der Waals surface area contributed by atoms with E-state index in [4.69, 9.17) is 28.8 Å². The van der Waals surface area contributed by atoms with Crippen molar-refractivity contribution in [3.8, 4) is 5.75 Å². The minimum Gasteiger partial charge on any atom is -0.508 e. The summed E-state index contributed by atoms with van der Waals surface area (Å²) in [6.45, 7) is 3.22. The summed E-state index contributed by atoms with van der Waals surface area (Å²) in [5, 5.41) is 38.2. The first-order chi connectivity index (χ1) is 40.2. The second kappa shape index (κ2) is 31.9. The third kappa shape index (κ3) is 19.6. The molecule has 1 saturated heterocycles. The van der Waals surface area contributed by atoms with Crippen molar-refractivity contribution >= 4 is 75.6 Å². The van der Waals surface area contributed by atoms with Crippen LogP contribution in [0.3, 0.4) is 0 Å². The van der Waals surface area contributed by atoms with Gasteiger partial charge in [-0.05, 0) is 116 Å². The Morgan fingerprint density at radius 2 is 1.25 bits per heavy atom. The lowest BCUT2D eigenvalue weighted by Gasteiger charge is -2.30. The third-order valence-electron chi connectivity index (χ3n) is 14.3. The van der Waals surface area contributed by atoms with Gasteiger partial charge in [-0.1, -0.05) is 80.0 Å². The van der Waals surface area contributed by atoms with Gasteiger partial charge in [0.15, 0.2) is 11.7 Å². The smallest absolute Gasteiger partial charge is 0.245 e. The molecule has 24 heteroatoms. The summed E-state index contributed by atoms with van der Waals surface area (Å²) in [7, 11) is 0. The highest BCUT2D eigenvalue weighted by atomic mass is 35.5. The van der Waals surface area contributed by atoms with Crippen LogP contribution in [-0.4, -0.2) is 142 Å². The molecule has 7 atom stereocenters. The van der Waals surface area contributed by atoms with Crippen molar-refractivity contribution in [3.05, 3.63) is 136 Å². The number of aromatic amines is 1. The van der Waals surface area contributed by atoms with Crippen LogP contribution in [0.1, 0.15) is 81.0 Å². The van der Waals surface area contributed by atoms with Crippen LogP contribution in [0, 0.1) is 11.7 Å². The first kappa shape index (κ1) is 64.8. The molecule has 1 aromatic heterocycles. The van der Waals surface area contributed by atoms with Gasteiger partial charge in [0.1, 0.15) is 47.8 Å². The van der Waals surface area contributed by atoms with Crippen molar-refractivity contribution in [2.75, 3.05) is 26.2 Å². The van der Waals surface area contributed by atoms with E-state index in [0.717, 1.165) is 10.9 Å². The fourth-order valence-electron chi connectivity index (χ4n) is 9.94. The van der Waals surface area contributed by atoms with Crippen LogP contribution in [0.2, 0.25) is 5.02 Å². The zero-order valence-electron chi connectivity index (χ0n) is 47.1. The standard InChI is InChI=1S/C60H76ClFN12O10/c1-35(2)29-46(54(79)69-45(9-5-27-66-60(64)65)59(84)74-28-6-10-51(74)52(77)25-26-63)70-57(82)49(32-39-33-67-44-8-4-3-7-43(39)44)72-56(81)48(31-38-15-22-42(76)23-16-38)71-58(83)50(34-75)73-55(80)47(30-37-11-18-40(61)19-12-37)68-53(78)24-17-36-13-20-41(62)21-14-36/h3-4,7-8,11-16,18-23,33,35,45-51,67,75-76H,5-6,9-10,17,24-32,34,63H2,1-2H3,(H,68,78)(H,69,79)(H,70,82)(H,71,83)(H,72,81)(H,73,80)(H4,64,65,66)/t45-,46-,47+,48-,49+,50-,51-/m0/s1. The number of likely N-dealkylation sites (tertiary alicyclic amines) is 1. The number of fused-ring (bicyclic) bond motifs is 1. The van der Waals surface area contributed by atoms with Crippen molar-refractivity contribution in [1.82, 2.24) is 41.8 Å². The Kier molecular flexibility index (Phi) is 24.6. The highest BCUT2D eigenvalue weighted by Crippen LogP contribution is 2.23. The molecule has 15 N–H and O–H groups in total. The van der Waals surface area contributed by atoms with Crippen LogP contribution in [-0.2, 0) is 64.0 Å². The third-order valence-corrected chi connectivity index (χ3v) is 14.6. The van der Waals surface area contributed by atoms with Crippen molar-refractivity contribution in [1.29, 1.82) is 0 Å². The molecular weight excluding hydrogens is 1100 g/mol. The molecule has 1 aliphatic rings.